The topological polar surface area (TPSA) is 29.5 Å². The van der Waals surface area contributed by atoms with Gasteiger partial charge in [0.05, 0.1) is 7.11 Å². The number of rotatable bonds is 4. The van der Waals surface area contributed by atoms with E-state index in [-0.39, 0.29) is 36.9 Å². The van der Waals surface area contributed by atoms with E-state index in [0.29, 0.717) is 11.3 Å². The van der Waals surface area contributed by atoms with E-state index in [0.717, 1.165) is 0 Å². The molecule has 1 amide bonds. The van der Waals surface area contributed by atoms with Gasteiger partial charge in [0, 0.05) is 17.8 Å². The normalized spacial score (nSPS) is 10.2. The van der Waals surface area contributed by atoms with Crippen molar-refractivity contribution in [2.75, 3.05) is 7.11 Å². The molecule has 0 spiro atoms. The zero-order valence-corrected chi connectivity index (χ0v) is 12.2. The second-order valence-corrected chi connectivity index (χ2v) is 4.51. The molecule has 0 atom stereocenters. The zero-order valence-electron chi connectivity index (χ0n) is 12.2. The minimum atomic E-state index is -0.0348. The molecule has 1 aromatic carbocycles. The van der Waals surface area contributed by atoms with Gasteiger partial charge in [0.25, 0.3) is 0 Å². The molecule has 3 nitrogen and oxygen atoms in total. The minimum Gasteiger partial charge on any atom is -0.540 e. The van der Waals surface area contributed by atoms with Gasteiger partial charge in [-0.1, -0.05) is 0 Å². The summed E-state index contributed by atoms with van der Waals surface area (Å²) in [7, 11) is 1.56. The summed E-state index contributed by atoms with van der Waals surface area (Å²) in [5.74, 6) is 0.538. The first-order valence-electron chi connectivity index (χ1n) is 5.86. The molecule has 0 aliphatic heterocycles. The Hall–Kier alpha value is -0.913. The van der Waals surface area contributed by atoms with Crippen molar-refractivity contribution in [3.63, 3.8) is 0 Å². The maximum atomic E-state index is 12.4. The summed E-state index contributed by atoms with van der Waals surface area (Å²) in [5, 5.41) is 0. The Morgan fingerprint density at radius 1 is 1.28 bits per heavy atom. The van der Waals surface area contributed by atoms with E-state index in [2.05, 4.69) is 6.07 Å². The van der Waals surface area contributed by atoms with Crippen molar-refractivity contribution in [1.29, 1.82) is 0 Å². The van der Waals surface area contributed by atoms with Gasteiger partial charge in [-0.3, -0.25) is 0 Å². The number of nitrogens with zero attached hydrogens (tertiary/aromatic N) is 1. The Morgan fingerprint density at radius 3 is 2.28 bits per heavy atom. The smallest absolute Gasteiger partial charge is 0.540 e. The monoisotopic (exact) mass is 241 g/mol. The van der Waals surface area contributed by atoms with E-state index in [1.54, 1.807) is 19.2 Å². The SMILES string of the molecule is COc1ccc[c-]c1C(=O)N(C(C)C)C(C)C.[Li+]. The molecule has 4 heteroatoms. The number of hydrogen-bond acceptors (Lipinski definition) is 2. The molecule has 18 heavy (non-hydrogen) atoms. The first-order valence-corrected chi connectivity index (χ1v) is 5.86. The van der Waals surface area contributed by atoms with Crippen molar-refractivity contribution in [3.05, 3.63) is 29.8 Å². The summed E-state index contributed by atoms with van der Waals surface area (Å²) in [5.41, 5.74) is 0.498. The summed E-state index contributed by atoms with van der Waals surface area (Å²) in [6, 6.07) is 8.59. The van der Waals surface area contributed by atoms with E-state index in [1.807, 2.05) is 38.7 Å². The molecule has 0 aromatic heterocycles. The molecule has 1 aromatic rings. The van der Waals surface area contributed by atoms with Crippen LogP contribution in [0.3, 0.4) is 0 Å². The summed E-state index contributed by atoms with van der Waals surface area (Å²) >= 11 is 0. The molecule has 0 heterocycles. The molecular formula is C14H20LiNO2. The largest absolute Gasteiger partial charge is 1.00 e. The van der Waals surface area contributed by atoms with Crippen molar-refractivity contribution < 1.29 is 28.4 Å². The van der Waals surface area contributed by atoms with Gasteiger partial charge in [-0.2, -0.15) is 0 Å². The van der Waals surface area contributed by atoms with Crippen LogP contribution in [0.15, 0.2) is 18.2 Å². The first kappa shape index (κ1) is 17.1. The molecule has 0 aliphatic carbocycles. The molecule has 0 radical (unpaired) electrons. The van der Waals surface area contributed by atoms with Crippen LogP contribution >= 0.6 is 0 Å². The van der Waals surface area contributed by atoms with Crippen molar-refractivity contribution >= 4 is 5.91 Å². The molecule has 0 bridgehead atoms. The van der Waals surface area contributed by atoms with E-state index in [9.17, 15) is 4.79 Å². The third-order valence-corrected chi connectivity index (χ3v) is 2.60. The standard InChI is InChI=1S/C14H20NO2.Li/c1-10(2)15(11(3)4)14(16)12-8-6-7-9-13(12)17-5;/h6-7,9-11H,1-5H3;/q-1;+1. The van der Waals surface area contributed by atoms with Crippen LogP contribution in [0.5, 0.6) is 5.75 Å². The third-order valence-electron chi connectivity index (χ3n) is 2.60. The van der Waals surface area contributed by atoms with Crippen LogP contribution in [0, 0.1) is 6.07 Å². The second-order valence-electron chi connectivity index (χ2n) is 4.51. The Kier molecular flexibility index (Phi) is 7.13. The predicted octanol–water partition coefficient (Wildman–Crippen LogP) is -0.242. The Labute approximate surface area is 122 Å². The van der Waals surface area contributed by atoms with Crippen molar-refractivity contribution in [2.24, 2.45) is 0 Å². The molecule has 1 rings (SSSR count). The van der Waals surface area contributed by atoms with Gasteiger partial charge in [0.2, 0.25) is 0 Å². The van der Waals surface area contributed by atoms with E-state index < -0.39 is 0 Å². The maximum Gasteiger partial charge on any atom is 1.00 e. The molecule has 0 N–H and O–H groups in total. The molecule has 0 saturated heterocycles. The van der Waals surface area contributed by atoms with Crippen LogP contribution in [0.2, 0.25) is 0 Å². The number of carbonyl (C=O) groups is 1. The fourth-order valence-corrected chi connectivity index (χ4v) is 1.95. The molecule has 94 valence electrons. The van der Waals surface area contributed by atoms with E-state index in [4.69, 9.17) is 4.74 Å². The number of amides is 1. The average Bonchev–Trinajstić information content (AvgIpc) is 2.27. The number of benzene rings is 1. The molecule has 0 unspecified atom stereocenters. The van der Waals surface area contributed by atoms with Gasteiger partial charge in [0.1, 0.15) is 0 Å². The third kappa shape index (κ3) is 3.80. The summed E-state index contributed by atoms with van der Waals surface area (Å²) in [4.78, 5) is 14.2. The van der Waals surface area contributed by atoms with Gasteiger partial charge in [-0.15, -0.1) is 24.3 Å². The zero-order chi connectivity index (χ0) is 13.0. The van der Waals surface area contributed by atoms with Crippen LogP contribution in [-0.4, -0.2) is 30.0 Å². The summed E-state index contributed by atoms with van der Waals surface area (Å²) in [6.45, 7) is 8.03. The first-order chi connectivity index (χ1) is 7.99. The van der Waals surface area contributed by atoms with Crippen LogP contribution in [0.25, 0.3) is 0 Å². The molecule has 0 aliphatic rings. The van der Waals surface area contributed by atoms with Gasteiger partial charge < -0.3 is 14.4 Å². The fourth-order valence-electron chi connectivity index (χ4n) is 1.95. The Morgan fingerprint density at radius 2 is 1.83 bits per heavy atom. The second kappa shape index (κ2) is 7.51. The number of ether oxygens (including phenoxy) is 1. The molecule has 0 fully saturated rings. The van der Waals surface area contributed by atoms with Crippen molar-refractivity contribution in [3.8, 4) is 5.75 Å². The van der Waals surface area contributed by atoms with E-state index in [1.165, 1.54) is 0 Å². The van der Waals surface area contributed by atoms with Gasteiger partial charge in [-0.05, 0) is 33.3 Å². The van der Waals surface area contributed by atoms with Crippen molar-refractivity contribution in [1.82, 2.24) is 4.90 Å². The maximum absolute atomic E-state index is 12.4. The van der Waals surface area contributed by atoms with Gasteiger partial charge >= 0.3 is 18.9 Å². The molecule has 0 saturated carbocycles. The van der Waals surface area contributed by atoms with Gasteiger partial charge in [-0.25, -0.2) is 0 Å². The van der Waals surface area contributed by atoms with E-state index >= 15 is 0 Å². The van der Waals surface area contributed by atoms with Crippen LogP contribution < -0.4 is 23.6 Å². The van der Waals surface area contributed by atoms with Crippen LogP contribution in [0.1, 0.15) is 38.1 Å². The summed E-state index contributed by atoms with van der Waals surface area (Å²) < 4.78 is 5.20. The number of carbonyl (C=O) groups excluding carboxylic acids is 1. The predicted molar refractivity (Wildman–Crippen MR) is 68.3 cm³/mol. The minimum absolute atomic E-state index is 0. The Balaban J connectivity index is 0.00000289. The number of methoxy groups -OCH3 is 1. The molecular weight excluding hydrogens is 221 g/mol. The van der Waals surface area contributed by atoms with Crippen LogP contribution in [0.4, 0.5) is 0 Å². The average molecular weight is 241 g/mol. The Bertz CT molecular complexity index is 383. The van der Waals surface area contributed by atoms with Gasteiger partial charge in [0.15, 0.2) is 5.91 Å². The quantitative estimate of drug-likeness (QED) is 0.538. The fraction of sp³-hybridized carbons (Fsp3) is 0.500. The van der Waals surface area contributed by atoms with Crippen LogP contribution in [-0.2, 0) is 0 Å². The number of hydrogen-bond donors (Lipinski definition) is 0. The van der Waals surface area contributed by atoms with Crippen molar-refractivity contribution in [2.45, 2.75) is 39.8 Å². The summed E-state index contributed by atoms with van der Waals surface area (Å²) in [6.07, 6.45) is 0.